The molecule has 0 spiro atoms. The molecule has 0 aliphatic heterocycles. The van der Waals surface area contributed by atoms with E-state index in [1.807, 2.05) is 0 Å². The van der Waals surface area contributed by atoms with Gasteiger partial charge in [0.2, 0.25) is 0 Å². The Kier molecular flexibility index (Phi) is 52.4. The van der Waals surface area contributed by atoms with Crippen LogP contribution in [0.3, 0.4) is 0 Å². The summed E-state index contributed by atoms with van der Waals surface area (Å²) in [5.41, 5.74) is 0. The van der Waals surface area contributed by atoms with Gasteiger partial charge in [-0.15, -0.1) is 0 Å². The van der Waals surface area contributed by atoms with E-state index in [1.165, 1.54) is 109 Å². The highest BCUT2D eigenvalue weighted by Gasteiger charge is 2.19. The molecule has 0 bridgehead atoms. The van der Waals surface area contributed by atoms with Gasteiger partial charge in [-0.3, -0.25) is 14.4 Å². The summed E-state index contributed by atoms with van der Waals surface area (Å²) in [5.74, 6) is -0.937. The molecule has 0 radical (unpaired) electrons. The Morgan fingerprint density at radius 2 is 0.642 bits per heavy atom. The Morgan fingerprint density at radius 3 is 1.04 bits per heavy atom. The molecule has 384 valence electrons. The molecule has 0 heterocycles. The number of hydrogen-bond acceptors (Lipinski definition) is 6. The number of ether oxygens (including phenoxy) is 3. The minimum atomic E-state index is -0.797. The molecule has 0 amide bonds. The van der Waals surface area contributed by atoms with Gasteiger partial charge in [0, 0.05) is 19.3 Å². The van der Waals surface area contributed by atoms with E-state index in [1.54, 1.807) is 0 Å². The summed E-state index contributed by atoms with van der Waals surface area (Å²) >= 11 is 0. The van der Waals surface area contributed by atoms with E-state index in [0.717, 1.165) is 116 Å². The Hall–Kier alpha value is -3.41. The number of hydrogen-bond donors (Lipinski definition) is 0. The zero-order chi connectivity index (χ0) is 48.6. The first kappa shape index (κ1) is 63.6. The summed E-state index contributed by atoms with van der Waals surface area (Å²) in [7, 11) is 0. The third-order valence-electron chi connectivity index (χ3n) is 11.9. The monoisotopic (exact) mass is 933 g/mol. The summed E-state index contributed by atoms with van der Waals surface area (Å²) in [6, 6.07) is 0. The van der Waals surface area contributed by atoms with Gasteiger partial charge in [0.1, 0.15) is 13.2 Å². The largest absolute Gasteiger partial charge is 0.462 e. The van der Waals surface area contributed by atoms with Gasteiger partial charge in [-0.2, -0.15) is 0 Å². The highest BCUT2D eigenvalue weighted by Crippen LogP contribution is 2.14. The van der Waals surface area contributed by atoms with E-state index in [9.17, 15) is 14.4 Å². The van der Waals surface area contributed by atoms with Crippen LogP contribution in [0.2, 0.25) is 0 Å². The Balaban J connectivity index is 4.46. The van der Waals surface area contributed by atoms with Gasteiger partial charge < -0.3 is 14.2 Å². The lowest BCUT2D eigenvalue weighted by Gasteiger charge is -2.18. The van der Waals surface area contributed by atoms with Crippen molar-refractivity contribution in [3.8, 4) is 0 Å². The van der Waals surface area contributed by atoms with Gasteiger partial charge in [0.15, 0.2) is 6.10 Å². The average molecular weight is 933 g/mol. The van der Waals surface area contributed by atoms with Crippen molar-refractivity contribution in [2.75, 3.05) is 13.2 Å². The molecule has 0 saturated carbocycles. The molecule has 1 unspecified atom stereocenters. The van der Waals surface area contributed by atoms with Crippen LogP contribution in [0, 0.1) is 0 Å². The van der Waals surface area contributed by atoms with Crippen molar-refractivity contribution in [3.05, 3.63) is 85.1 Å². The van der Waals surface area contributed by atoms with E-state index in [0.29, 0.717) is 19.3 Å². The maximum Gasteiger partial charge on any atom is 0.306 e. The van der Waals surface area contributed by atoms with Crippen molar-refractivity contribution in [3.63, 3.8) is 0 Å². The molecule has 0 aromatic heterocycles. The number of allylic oxidation sites excluding steroid dienone is 14. The third-order valence-corrected chi connectivity index (χ3v) is 11.9. The molecule has 0 saturated heterocycles. The van der Waals surface area contributed by atoms with Gasteiger partial charge in [-0.05, 0) is 103 Å². The van der Waals surface area contributed by atoms with Crippen molar-refractivity contribution >= 4 is 17.9 Å². The first-order chi connectivity index (χ1) is 33.0. The van der Waals surface area contributed by atoms with Crippen LogP contribution in [0.1, 0.15) is 265 Å². The number of esters is 3. The van der Waals surface area contributed by atoms with Crippen molar-refractivity contribution in [2.45, 2.75) is 271 Å². The number of unbranched alkanes of at least 4 members (excludes halogenated alkanes) is 27. The first-order valence-electron chi connectivity index (χ1n) is 28.1. The summed E-state index contributed by atoms with van der Waals surface area (Å²) in [5, 5.41) is 0. The maximum absolute atomic E-state index is 12.8. The van der Waals surface area contributed by atoms with E-state index >= 15 is 0 Å². The lowest BCUT2D eigenvalue weighted by atomic mass is 10.1. The first-order valence-corrected chi connectivity index (χ1v) is 28.1. The summed E-state index contributed by atoms with van der Waals surface area (Å²) in [4.78, 5) is 38.1. The highest BCUT2D eigenvalue weighted by molar-refractivity contribution is 5.71. The molecular weight excluding hydrogens is 829 g/mol. The van der Waals surface area contributed by atoms with Crippen LogP contribution in [0.4, 0.5) is 0 Å². The standard InChI is InChI=1S/C61H104O6/c1-4-7-10-13-16-19-22-25-28-30-32-33-36-39-42-45-48-51-54-60(63)66-57-58(56-65-59(62)53-50-47-44-41-38-35-27-24-21-18-15-12-9-6-3)67-61(64)55-52-49-46-43-40-37-34-31-29-26-23-20-17-14-11-8-5-2/h9,12,18,21-22,25-30,32-33,35,58H,4-8,10-11,13-17,19-20,23-24,31,34,36-57H2,1-3H3/b12-9-,21-18-,25-22-,29-26-,30-28-,33-32-,35-27-. The van der Waals surface area contributed by atoms with E-state index < -0.39 is 6.10 Å². The van der Waals surface area contributed by atoms with E-state index in [-0.39, 0.29) is 31.1 Å². The maximum atomic E-state index is 12.8. The zero-order valence-corrected chi connectivity index (χ0v) is 43.9. The molecule has 0 fully saturated rings. The van der Waals surface area contributed by atoms with Gasteiger partial charge in [-0.1, -0.05) is 228 Å². The molecule has 0 rings (SSSR count). The normalized spacial score (nSPS) is 12.7. The Morgan fingerprint density at radius 1 is 0.328 bits per heavy atom. The fourth-order valence-corrected chi connectivity index (χ4v) is 7.69. The molecule has 6 nitrogen and oxygen atoms in total. The van der Waals surface area contributed by atoms with Gasteiger partial charge in [-0.25, -0.2) is 0 Å². The molecule has 0 aliphatic carbocycles. The smallest absolute Gasteiger partial charge is 0.306 e. The van der Waals surface area contributed by atoms with Gasteiger partial charge in [0.25, 0.3) is 0 Å². The fraction of sp³-hybridized carbons (Fsp3) is 0.721. The molecule has 0 aromatic carbocycles. The molecule has 67 heavy (non-hydrogen) atoms. The van der Waals surface area contributed by atoms with Crippen LogP contribution >= 0.6 is 0 Å². The van der Waals surface area contributed by atoms with E-state index in [2.05, 4.69) is 106 Å². The van der Waals surface area contributed by atoms with Crippen molar-refractivity contribution in [1.82, 2.24) is 0 Å². The quantitative estimate of drug-likeness (QED) is 0.0199. The second-order valence-corrected chi connectivity index (χ2v) is 18.5. The van der Waals surface area contributed by atoms with Crippen molar-refractivity contribution < 1.29 is 28.6 Å². The third kappa shape index (κ3) is 53.4. The predicted octanol–water partition coefficient (Wildman–Crippen LogP) is 18.8. The SMILES string of the molecule is CC/C=C\C/C=C\C/C=C\CCCCCCC(=O)OCC(COC(=O)CCCCCCC\C=C/C=C\C=C/CCCCCCC)OC(=O)CCCCCCCCC/C=C\CCCCCCCC. The lowest BCUT2D eigenvalue weighted by Crippen LogP contribution is -2.30. The predicted molar refractivity (Wildman–Crippen MR) is 288 cm³/mol. The number of carbonyl (C=O) groups is 3. The minimum Gasteiger partial charge on any atom is -0.462 e. The van der Waals surface area contributed by atoms with Crippen molar-refractivity contribution in [2.24, 2.45) is 0 Å². The van der Waals surface area contributed by atoms with Crippen LogP contribution in [-0.2, 0) is 28.6 Å². The molecule has 0 aromatic rings. The zero-order valence-electron chi connectivity index (χ0n) is 43.9. The Bertz CT molecular complexity index is 1300. The van der Waals surface area contributed by atoms with Crippen LogP contribution in [0.25, 0.3) is 0 Å². The van der Waals surface area contributed by atoms with Gasteiger partial charge in [0.05, 0.1) is 0 Å². The summed E-state index contributed by atoms with van der Waals surface area (Å²) < 4.78 is 16.8. The topological polar surface area (TPSA) is 78.9 Å². The van der Waals surface area contributed by atoms with Crippen LogP contribution in [0.15, 0.2) is 85.1 Å². The minimum absolute atomic E-state index is 0.0963. The van der Waals surface area contributed by atoms with Crippen LogP contribution in [0.5, 0.6) is 0 Å². The summed E-state index contributed by atoms with van der Waals surface area (Å²) in [6.45, 7) is 6.47. The second kappa shape index (κ2) is 55.2. The number of rotatable bonds is 50. The Labute approximate surface area is 414 Å². The molecule has 0 N–H and O–H groups in total. The molecular formula is C61H104O6. The number of carbonyl (C=O) groups excluding carboxylic acids is 3. The molecule has 1 atom stereocenters. The van der Waals surface area contributed by atoms with Crippen LogP contribution < -0.4 is 0 Å². The van der Waals surface area contributed by atoms with Gasteiger partial charge >= 0.3 is 17.9 Å². The average Bonchev–Trinajstić information content (AvgIpc) is 3.33. The highest BCUT2D eigenvalue weighted by atomic mass is 16.6. The summed E-state index contributed by atoms with van der Waals surface area (Å²) in [6.07, 6.45) is 71.4. The lowest BCUT2D eigenvalue weighted by molar-refractivity contribution is -0.167. The van der Waals surface area contributed by atoms with Crippen molar-refractivity contribution in [1.29, 1.82) is 0 Å². The van der Waals surface area contributed by atoms with Crippen LogP contribution in [-0.4, -0.2) is 37.2 Å². The second-order valence-electron chi connectivity index (χ2n) is 18.5. The fourth-order valence-electron chi connectivity index (χ4n) is 7.69. The molecule has 6 heteroatoms. The molecule has 0 aliphatic rings. The van der Waals surface area contributed by atoms with E-state index in [4.69, 9.17) is 14.2 Å².